The average molecular weight is 511 g/mol. The van der Waals surface area contributed by atoms with Crippen molar-refractivity contribution in [3.05, 3.63) is 38.7 Å². The SMILES string of the molecule is COC(=O)c1sc(N2CC[C@@H](NC(=O)c3[nH]c(C)c(Cl)c3Cl)[C@@H](C)C2)nc1-c1nccn1C. The molecule has 0 saturated carbocycles. The molecule has 0 unspecified atom stereocenters. The number of nitrogens with one attached hydrogen (secondary N) is 2. The number of halogens is 2. The third kappa shape index (κ3) is 4.47. The molecule has 0 aromatic carbocycles. The summed E-state index contributed by atoms with van der Waals surface area (Å²) in [7, 11) is 3.20. The van der Waals surface area contributed by atoms with E-state index in [-0.39, 0.29) is 28.6 Å². The van der Waals surface area contributed by atoms with Crippen molar-refractivity contribution in [2.24, 2.45) is 13.0 Å². The Balaban J connectivity index is 1.50. The second kappa shape index (κ2) is 9.36. The Labute approximate surface area is 205 Å². The summed E-state index contributed by atoms with van der Waals surface area (Å²) in [5, 5.41) is 4.38. The minimum Gasteiger partial charge on any atom is -0.465 e. The number of methoxy groups -OCH3 is 1. The number of imidazole rings is 1. The maximum Gasteiger partial charge on any atom is 0.350 e. The molecule has 33 heavy (non-hydrogen) atoms. The summed E-state index contributed by atoms with van der Waals surface area (Å²) < 4.78 is 6.78. The lowest BCUT2D eigenvalue weighted by Gasteiger charge is -2.37. The molecular formula is C21H24Cl2N6O3S. The van der Waals surface area contributed by atoms with Gasteiger partial charge in [0.05, 0.1) is 17.2 Å². The fourth-order valence-corrected chi connectivity index (χ4v) is 5.35. The van der Waals surface area contributed by atoms with Crippen molar-refractivity contribution in [2.75, 3.05) is 25.1 Å². The minimum absolute atomic E-state index is 0.0405. The fourth-order valence-electron chi connectivity index (χ4n) is 3.92. The van der Waals surface area contributed by atoms with Gasteiger partial charge in [0.25, 0.3) is 5.91 Å². The number of carbonyl (C=O) groups is 2. The molecule has 1 aliphatic heterocycles. The maximum absolute atomic E-state index is 12.7. The number of thiazole rings is 1. The second-order valence-corrected chi connectivity index (χ2v) is 9.81. The van der Waals surface area contributed by atoms with Gasteiger partial charge in [-0.05, 0) is 19.3 Å². The molecule has 12 heteroatoms. The van der Waals surface area contributed by atoms with E-state index in [4.69, 9.17) is 32.9 Å². The van der Waals surface area contributed by atoms with E-state index in [0.29, 0.717) is 46.6 Å². The molecule has 1 amide bonds. The molecule has 1 aliphatic rings. The van der Waals surface area contributed by atoms with Gasteiger partial charge >= 0.3 is 5.97 Å². The predicted octanol–water partition coefficient (Wildman–Crippen LogP) is 3.92. The van der Waals surface area contributed by atoms with E-state index in [1.807, 2.05) is 11.6 Å². The highest BCUT2D eigenvalue weighted by molar-refractivity contribution is 7.17. The molecular weight excluding hydrogens is 487 g/mol. The van der Waals surface area contributed by atoms with Gasteiger partial charge in [0.2, 0.25) is 0 Å². The van der Waals surface area contributed by atoms with E-state index >= 15 is 0 Å². The number of nitrogens with zero attached hydrogens (tertiary/aromatic N) is 4. The lowest BCUT2D eigenvalue weighted by atomic mass is 9.94. The normalized spacial score (nSPS) is 18.4. The monoisotopic (exact) mass is 510 g/mol. The van der Waals surface area contributed by atoms with Gasteiger partial charge in [0.1, 0.15) is 16.3 Å². The highest BCUT2D eigenvalue weighted by atomic mass is 35.5. The third-order valence-corrected chi connectivity index (χ3v) is 7.84. The number of anilines is 1. The number of aromatic amines is 1. The molecule has 1 fully saturated rings. The van der Waals surface area contributed by atoms with Crippen molar-refractivity contribution >= 4 is 51.5 Å². The number of rotatable bonds is 5. The highest BCUT2D eigenvalue weighted by Gasteiger charge is 2.32. The van der Waals surface area contributed by atoms with Gasteiger partial charge in [-0.3, -0.25) is 4.79 Å². The molecule has 4 rings (SSSR count). The zero-order chi connectivity index (χ0) is 23.9. The van der Waals surface area contributed by atoms with E-state index < -0.39 is 5.97 Å². The van der Waals surface area contributed by atoms with Gasteiger partial charge in [0, 0.05) is 44.3 Å². The molecule has 0 spiro atoms. The van der Waals surface area contributed by atoms with E-state index in [1.165, 1.54) is 18.4 Å². The zero-order valence-corrected chi connectivity index (χ0v) is 20.9. The number of hydrogen-bond acceptors (Lipinski definition) is 7. The van der Waals surface area contributed by atoms with Crippen LogP contribution >= 0.6 is 34.5 Å². The molecule has 9 nitrogen and oxygen atoms in total. The van der Waals surface area contributed by atoms with Crippen LogP contribution in [0.2, 0.25) is 10.0 Å². The largest absolute Gasteiger partial charge is 0.465 e. The highest BCUT2D eigenvalue weighted by Crippen LogP contribution is 2.35. The van der Waals surface area contributed by atoms with Crippen LogP contribution in [0.15, 0.2) is 12.4 Å². The van der Waals surface area contributed by atoms with Crippen LogP contribution in [0.25, 0.3) is 11.5 Å². The summed E-state index contributed by atoms with van der Waals surface area (Å²) in [5.41, 5.74) is 1.44. The van der Waals surface area contributed by atoms with Gasteiger partial charge in [0.15, 0.2) is 11.0 Å². The molecule has 3 aromatic rings. The van der Waals surface area contributed by atoms with E-state index in [1.54, 1.807) is 19.3 Å². The number of ether oxygens (including phenoxy) is 1. The summed E-state index contributed by atoms with van der Waals surface area (Å²) in [6, 6.07) is -0.0405. The van der Waals surface area contributed by atoms with Gasteiger partial charge in [-0.2, -0.15) is 0 Å². The molecule has 0 radical (unpaired) electrons. The molecule has 176 valence electrons. The Hall–Kier alpha value is -2.56. The van der Waals surface area contributed by atoms with Crippen molar-refractivity contribution in [1.82, 2.24) is 24.8 Å². The van der Waals surface area contributed by atoms with Gasteiger partial charge in [-0.1, -0.05) is 41.5 Å². The fraction of sp³-hybridized carbons (Fsp3) is 0.429. The van der Waals surface area contributed by atoms with Crippen molar-refractivity contribution < 1.29 is 14.3 Å². The molecule has 2 atom stereocenters. The molecule has 0 bridgehead atoms. The predicted molar refractivity (Wildman–Crippen MR) is 128 cm³/mol. The number of piperidine rings is 1. The molecule has 3 aromatic heterocycles. The number of amides is 1. The summed E-state index contributed by atoms with van der Waals surface area (Å²) >= 11 is 13.6. The maximum atomic E-state index is 12.7. The van der Waals surface area contributed by atoms with Gasteiger partial charge in [-0.25, -0.2) is 14.8 Å². The molecule has 2 N–H and O–H groups in total. The summed E-state index contributed by atoms with van der Waals surface area (Å²) in [6.07, 6.45) is 4.18. The first-order valence-electron chi connectivity index (χ1n) is 10.4. The lowest BCUT2D eigenvalue weighted by Crippen LogP contribution is -2.50. The van der Waals surface area contributed by atoms with E-state index in [0.717, 1.165) is 5.13 Å². The van der Waals surface area contributed by atoms with Crippen LogP contribution in [-0.4, -0.2) is 57.6 Å². The third-order valence-electron chi connectivity index (χ3n) is 5.79. The van der Waals surface area contributed by atoms with Crippen molar-refractivity contribution in [2.45, 2.75) is 26.3 Å². The first-order valence-corrected chi connectivity index (χ1v) is 11.9. The van der Waals surface area contributed by atoms with E-state index in [9.17, 15) is 9.59 Å². The Kier molecular flexibility index (Phi) is 6.69. The Morgan fingerprint density at radius 3 is 2.67 bits per heavy atom. The van der Waals surface area contributed by atoms with Gasteiger partial charge in [-0.15, -0.1) is 0 Å². The van der Waals surface area contributed by atoms with Gasteiger partial charge < -0.3 is 24.5 Å². The summed E-state index contributed by atoms with van der Waals surface area (Å²) in [4.78, 5) is 39.7. The molecule has 0 aliphatic carbocycles. The van der Waals surface area contributed by atoms with Crippen LogP contribution in [0.1, 0.15) is 39.2 Å². The van der Waals surface area contributed by atoms with Crippen molar-refractivity contribution in [1.29, 1.82) is 0 Å². The zero-order valence-electron chi connectivity index (χ0n) is 18.6. The topological polar surface area (TPSA) is 105 Å². The van der Waals surface area contributed by atoms with E-state index in [2.05, 4.69) is 27.1 Å². The molecule has 1 saturated heterocycles. The number of aryl methyl sites for hydroxylation is 2. The average Bonchev–Trinajstić information content (AvgIpc) is 3.48. The number of esters is 1. The Morgan fingerprint density at radius 1 is 1.33 bits per heavy atom. The van der Waals surface area contributed by atoms with Crippen LogP contribution in [-0.2, 0) is 11.8 Å². The summed E-state index contributed by atoms with van der Waals surface area (Å²) in [6.45, 7) is 5.17. The van der Waals surface area contributed by atoms with Crippen LogP contribution in [0.4, 0.5) is 5.13 Å². The minimum atomic E-state index is -0.441. The lowest BCUT2D eigenvalue weighted by molar-refractivity contribution is 0.0606. The van der Waals surface area contributed by atoms with Crippen LogP contribution in [0, 0.1) is 12.8 Å². The smallest absolute Gasteiger partial charge is 0.350 e. The number of H-pyrrole nitrogens is 1. The summed E-state index contributed by atoms with van der Waals surface area (Å²) in [5.74, 6) is 0.0169. The van der Waals surface area contributed by atoms with Crippen molar-refractivity contribution in [3.8, 4) is 11.5 Å². The first kappa shape index (κ1) is 23.6. The van der Waals surface area contributed by atoms with Crippen molar-refractivity contribution in [3.63, 3.8) is 0 Å². The number of carbonyl (C=O) groups excluding carboxylic acids is 2. The Bertz CT molecular complexity index is 1200. The molecule has 4 heterocycles. The van der Waals surface area contributed by atoms with Crippen LogP contribution in [0.5, 0.6) is 0 Å². The standard InChI is InChI=1S/C21H24Cl2N6O3S/c1-10-9-29(7-5-12(10)26-19(30)15-14(23)13(22)11(2)25-15)21-27-16(17(33-21)20(31)32-4)18-24-6-8-28(18)3/h6,8,10,12,25H,5,7,9H2,1-4H3,(H,26,30)/t10-,12+/m0/s1. The van der Waals surface area contributed by atoms with Crippen LogP contribution < -0.4 is 10.2 Å². The van der Waals surface area contributed by atoms with Crippen LogP contribution in [0.3, 0.4) is 0 Å². The Morgan fingerprint density at radius 2 is 2.09 bits per heavy atom. The number of hydrogen-bond donors (Lipinski definition) is 2. The number of aromatic nitrogens is 4. The first-order chi connectivity index (χ1) is 15.7. The quantitative estimate of drug-likeness (QED) is 0.504. The second-order valence-electron chi connectivity index (χ2n) is 8.07.